The Morgan fingerprint density at radius 3 is 2.75 bits per heavy atom. The van der Waals surface area contributed by atoms with Crippen molar-refractivity contribution in [3.63, 3.8) is 0 Å². The summed E-state index contributed by atoms with van der Waals surface area (Å²) in [7, 11) is 0. The molecule has 4 aliphatic rings. The zero-order valence-electron chi connectivity index (χ0n) is 14.4. The van der Waals surface area contributed by atoms with E-state index >= 15 is 0 Å². The summed E-state index contributed by atoms with van der Waals surface area (Å²) in [6.07, 6.45) is 3.60. The number of hydrogen-bond donors (Lipinski definition) is 1. The summed E-state index contributed by atoms with van der Waals surface area (Å²) in [5, 5.41) is 2.20. The Morgan fingerprint density at radius 1 is 1.21 bits per heavy atom. The fourth-order valence-electron chi connectivity index (χ4n) is 4.97. The molecule has 0 spiro atoms. The third-order valence-electron chi connectivity index (χ3n) is 6.17. The molecule has 1 N–H and O–H groups in total. The number of fused-ring (bicyclic) bond motifs is 3. The lowest BCUT2D eigenvalue weighted by Gasteiger charge is -2.52. The molecule has 24 heavy (non-hydrogen) atoms. The number of carbonyl (C=O) groups excluding carboxylic acids is 2. The van der Waals surface area contributed by atoms with Crippen LogP contribution in [-0.4, -0.2) is 84.1 Å². The molecule has 1 saturated carbocycles. The third kappa shape index (κ3) is 2.62. The van der Waals surface area contributed by atoms with Crippen LogP contribution < -0.4 is 5.43 Å². The van der Waals surface area contributed by atoms with Gasteiger partial charge in [-0.2, -0.15) is 0 Å². The fourth-order valence-corrected chi connectivity index (χ4v) is 4.97. The Kier molecular flexibility index (Phi) is 4.49. The van der Waals surface area contributed by atoms with Crippen molar-refractivity contribution in [2.45, 2.75) is 50.7 Å². The van der Waals surface area contributed by atoms with Crippen molar-refractivity contribution in [2.75, 3.05) is 39.4 Å². The molecule has 0 aromatic carbocycles. The maximum Gasteiger partial charge on any atom is 0.241 e. The van der Waals surface area contributed by atoms with Crippen molar-refractivity contribution in [1.29, 1.82) is 0 Å². The molecule has 0 radical (unpaired) electrons. The van der Waals surface area contributed by atoms with Gasteiger partial charge >= 0.3 is 0 Å². The Balaban J connectivity index is 1.50. The number of amides is 2. The van der Waals surface area contributed by atoms with Crippen molar-refractivity contribution in [1.82, 2.24) is 20.2 Å². The number of carbonyl (C=O) groups is 2. The van der Waals surface area contributed by atoms with Crippen molar-refractivity contribution in [3.8, 4) is 0 Å². The van der Waals surface area contributed by atoms with Gasteiger partial charge in [-0.25, -0.2) is 5.01 Å². The first kappa shape index (κ1) is 16.3. The van der Waals surface area contributed by atoms with E-state index in [2.05, 4.69) is 17.4 Å². The number of ether oxygens (including phenoxy) is 1. The molecule has 4 unspecified atom stereocenters. The molecule has 2 amide bonds. The van der Waals surface area contributed by atoms with Gasteiger partial charge in [-0.15, -0.1) is 0 Å². The molecule has 4 fully saturated rings. The lowest BCUT2D eigenvalue weighted by atomic mass is 9.78. The molecule has 7 nitrogen and oxygen atoms in total. The lowest BCUT2D eigenvalue weighted by molar-refractivity contribution is -0.158. The van der Waals surface area contributed by atoms with Crippen LogP contribution in [0.4, 0.5) is 0 Å². The summed E-state index contributed by atoms with van der Waals surface area (Å²) in [5.74, 6) is 0.547. The van der Waals surface area contributed by atoms with E-state index in [-0.39, 0.29) is 29.8 Å². The highest BCUT2D eigenvalue weighted by molar-refractivity contribution is 5.84. The molecule has 0 bridgehead atoms. The zero-order valence-corrected chi connectivity index (χ0v) is 14.4. The Bertz CT molecular complexity index is 508. The molecular weight excluding hydrogens is 308 g/mol. The Labute approximate surface area is 143 Å². The van der Waals surface area contributed by atoms with Gasteiger partial charge in [0.25, 0.3) is 0 Å². The van der Waals surface area contributed by atoms with E-state index in [0.717, 1.165) is 38.8 Å². The number of nitrogens with zero attached hydrogens (tertiary/aromatic N) is 3. The second-order valence-corrected chi connectivity index (χ2v) is 7.33. The number of hydrogen-bond acceptors (Lipinski definition) is 5. The van der Waals surface area contributed by atoms with Crippen molar-refractivity contribution < 1.29 is 14.3 Å². The number of morpholine rings is 1. The first-order valence-electron chi connectivity index (χ1n) is 9.39. The van der Waals surface area contributed by atoms with E-state index in [1.54, 1.807) is 0 Å². The number of hydrazine groups is 1. The van der Waals surface area contributed by atoms with Gasteiger partial charge in [0.05, 0.1) is 13.2 Å². The predicted octanol–water partition coefficient (Wildman–Crippen LogP) is -0.176. The first-order valence-corrected chi connectivity index (χ1v) is 9.39. The fraction of sp³-hybridized carbons (Fsp3) is 0.882. The molecule has 3 saturated heterocycles. The summed E-state index contributed by atoms with van der Waals surface area (Å²) >= 11 is 0. The normalized spacial score (nSPS) is 37.3. The van der Waals surface area contributed by atoms with Crippen LogP contribution in [0.2, 0.25) is 0 Å². The lowest BCUT2D eigenvalue weighted by Crippen LogP contribution is -2.68. The van der Waals surface area contributed by atoms with Crippen molar-refractivity contribution in [3.05, 3.63) is 0 Å². The third-order valence-corrected chi connectivity index (χ3v) is 6.17. The molecule has 1 aliphatic carbocycles. The van der Waals surface area contributed by atoms with Gasteiger partial charge in [-0.3, -0.25) is 15.0 Å². The van der Waals surface area contributed by atoms with Crippen LogP contribution in [-0.2, 0) is 14.3 Å². The van der Waals surface area contributed by atoms with Crippen LogP contribution in [0.1, 0.15) is 32.6 Å². The van der Waals surface area contributed by atoms with Crippen LogP contribution in [0.25, 0.3) is 0 Å². The highest BCUT2D eigenvalue weighted by atomic mass is 16.5. The van der Waals surface area contributed by atoms with Crippen LogP contribution in [0.15, 0.2) is 0 Å². The van der Waals surface area contributed by atoms with Crippen molar-refractivity contribution >= 4 is 11.8 Å². The number of rotatable bonds is 2. The second kappa shape index (κ2) is 6.61. The van der Waals surface area contributed by atoms with Crippen LogP contribution in [0, 0.1) is 5.92 Å². The van der Waals surface area contributed by atoms with E-state index in [4.69, 9.17) is 4.74 Å². The minimum Gasteiger partial charge on any atom is -0.378 e. The molecule has 0 aromatic heterocycles. The smallest absolute Gasteiger partial charge is 0.241 e. The Hall–Kier alpha value is -1.18. The van der Waals surface area contributed by atoms with E-state index in [1.165, 1.54) is 0 Å². The topological polar surface area (TPSA) is 65.1 Å². The van der Waals surface area contributed by atoms with Gasteiger partial charge in [0.1, 0.15) is 6.04 Å². The minimum absolute atomic E-state index is 0.00213. The van der Waals surface area contributed by atoms with Crippen LogP contribution in [0.3, 0.4) is 0 Å². The summed E-state index contributed by atoms with van der Waals surface area (Å²) in [6.45, 7) is 6.37. The van der Waals surface area contributed by atoms with E-state index in [0.29, 0.717) is 32.3 Å². The van der Waals surface area contributed by atoms with Crippen molar-refractivity contribution in [2.24, 2.45) is 5.92 Å². The number of piperazine rings is 1. The molecule has 4 rings (SSSR count). The van der Waals surface area contributed by atoms with Gasteiger partial charge in [0.15, 0.2) is 0 Å². The molecule has 7 heteroatoms. The first-order chi connectivity index (χ1) is 11.7. The molecule has 3 heterocycles. The summed E-state index contributed by atoms with van der Waals surface area (Å²) in [5.41, 5.74) is 3.41. The monoisotopic (exact) mass is 336 g/mol. The average molecular weight is 336 g/mol. The Morgan fingerprint density at radius 2 is 2.00 bits per heavy atom. The number of nitrogens with one attached hydrogen (secondary N) is 1. The zero-order chi connectivity index (χ0) is 16.7. The van der Waals surface area contributed by atoms with Gasteiger partial charge in [-0.05, 0) is 32.6 Å². The molecule has 4 atom stereocenters. The standard InChI is InChI=1S/C17H28N4O3/c1-2-20-15-11-12(16(22)19-7-9-24-10-8-19)3-4-13(15)21-14(17(20)23)5-6-18-21/h12-15,18H,2-11H2,1H3. The average Bonchev–Trinajstić information content (AvgIpc) is 3.12. The van der Waals surface area contributed by atoms with Gasteiger partial charge < -0.3 is 14.5 Å². The number of likely N-dealkylation sites (N-methyl/N-ethyl adjacent to an activating group) is 1. The van der Waals surface area contributed by atoms with Crippen LogP contribution >= 0.6 is 0 Å². The van der Waals surface area contributed by atoms with Gasteiger partial charge in [0, 0.05) is 44.2 Å². The largest absolute Gasteiger partial charge is 0.378 e. The molecular formula is C17H28N4O3. The molecule has 3 aliphatic heterocycles. The quantitative estimate of drug-likeness (QED) is 0.758. The maximum absolute atomic E-state index is 12.9. The summed E-state index contributed by atoms with van der Waals surface area (Å²) in [6, 6.07) is 0.509. The van der Waals surface area contributed by atoms with E-state index < -0.39 is 0 Å². The van der Waals surface area contributed by atoms with Gasteiger partial charge in [-0.1, -0.05) is 0 Å². The molecule has 0 aromatic rings. The van der Waals surface area contributed by atoms with E-state index in [1.807, 2.05) is 9.80 Å². The highest BCUT2D eigenvalue weighted by Crippen LogP contribution is 2.37. The summed E-state index contributed by atoms with van der Waals surface area (Å²) in [4.78, 5) is 29.7. The second-order valence-electron chi connectivity index (χ2n) is 7.33. The summed E-state index contributed by atoms with van der Waals surface area (Å²) < 4.78 is 5.36. The highest BCUT2D eigenvalue weighted by Gasteiger charge is 2.51. The maximum atomic E-state index is 12.9. The minimum atomic E-state index is -0.00213. The van der Waals surface area contributed by atoms with E-state index in [9.17, 15) is 9.59 Å². The molecule has 134 valence electrons. The van der Waals surface area contributed by atoms with Crippen LogP contribution in [0.5, 0.6) is 0 Å². The predicted molar refractivity (Wildman–Crippen MR) is 87.9 cm³/mol. The van der Waals surface area contributed by atoms with Gasteiger partial charge in [0.2, 0.25) is 11.8 Å². The SMILES string of the molecule is CCN1C(=O)C2CCNN2C2CCC(C(=O)N3CCOCC3)CC21.